The summed E-state index contributed by atoms with van der Waals surface area (Å²) >= 11 is 0. The zero-order valence-corrected chi connectivity index (χ0v) is 11.0. The predicted molar refractivity (Wildman–Crippen MR) is 68.2 cm³/mol. The molecule has 3 rings (SSSR count). The van der Waals surface area contributed by atoms with Crippen LogP contribution in [0.2, 0.25) is 0 Å². The lowest BCUT2D eigenvalue weighted by Gasteiger charge is -2.29. The third kappa shape index (κ3) is 2.34. The van der Waals surface area contributed by atoms with Crippen LogP contribution in [0.1, 0.15) is 32.1 Å². The topological polar surface area (TPSA) is 84.7 Å². The van der Waals surface area contributed by atoms with E-state index in [9.17, 15) is 9.59 Å². The van der Waals surface area contributed by atoms with E-state index >= 15 is 0 Å². The lowest BCUT2D eigenvalue weighted by atomic mass is 10.1. The molecule has 0 aromatic rings. The van der Waals surface area contributed by atoms with Gasteiger partial charge in [-0.05, 0) is 25.7 Å². The van der Waals surface area contributed by atoms with E-state index in [0.29, 0.717) is 19.5 Å². The van der Waals surface area contributed by atoms with Gasteiger partial charge >= 0.3 is 0 Å². The Bertz CT molecular complexity index is 387. The molecule has 0 spiro atoms. The minimum Gasteiger partial charge on any atom is -0.364 e. The van der Waals surface area contributed by atoms with Crippen LogP contribution < -0.4 is 11.1 Å². The summed E-state index contributed by atoms with van der Waals surface area (Å²) in [6.45, 7) is 1.05. The van der Waals surface area contributed by atoms with Crippen LogP contribution in [0, 0.1) is 0 Å². The van der Waals surface area contributed by atoms with Crippen LogP contribution in [0.3, 0.4) is 0 Å². The molecule has 3 heterocycles. The van der Waals surface area contributed by atoms with E-state index in [1.165, 1.54) is 0 Å². The van der Waals surface area contributed by atoms with Gasteiger partial charge in [-0.1, -0.05) is 0 Å². The molecule has 4 atom stereocenters. The number of ether oxygens (including phenoxy) is 1. The Morgan fingerprint density at radius 3 is 2.84 bits per heavy atom. The quantitative estimate of drug-likeness (QED) is 0.698. The molecule has 3 fully saturated rings. The second kappa shape index (κ2) is 5.09. The molecule has 0 saturated carbocycles. The van der Waals surface area contributed by atoms with Gasteiger partial charge in [-0.25, -0.2) is 0 Å². The van der Waals surface area contributed by atoms with Crippen molar-refractivity contribution in [2.75, 3.05) is 13.1 Å². The van der Waals surface area contributed by atoms with Gasteiger partial charge in [0.1, 0.15) is 6.10 Å². The minimum absolute atomic E-state index is 0.0124. The molecule has 0 aromatic heterocycles. The number of hydrogen-bond donors (Lipinski definition) is 2. The van der Waals surface area contributed by atoms with Gasteiger partial charge in [0.05, 0.1) is 6.10 Å². The van der Waals surface area contributed by atoms with Crippen molar-refractivity contribution in [3.63, 3.8) is 0 Å². The van der Waals surface area contributed by atoms with Gasteiger partial charge in [-0.15, -0.1) is 0 Å². The SMILES string of the molecule is NC[C@H]1CC[C@@H](C(=O)N2C3CCC2CC(=O)NC3)O1. The molecule has 6 heteroatoms. The predicted octanol–water partition coefficient (Wildman–Crippen LogP) is -0.628. The van der Waals surface area contributed by atoms with Crippen molar-refractivity contribution in [3.05, 3.63) is 0 Å². The molecule has 2 bridgehead atoms. The van der Waals surface area contributed by atoms with E-state index in [2.05, 4.69) is 5.32 Å². The summed E-state index contributed by atoms with van der Waals surface area (Å²) in [7, 11) is 0. The van der Waals surface area contributed by atoms with Crippen LogP contribution in [-0.2, 0) is 14.3 Å². The molecule has 0 aromatic carbocycles. The zero-order valence-electron chi connectivity index (χ0n) is 11.0. The molecule has 3 saturated heterocycles. The summed E-state index contributed by atoms with van der Waals surface area (Å²) in [5, 5.41) is 2.88. The first kappa shape index (κ1) is 12.9. The van der Waals surface area contributed by atoms with Crippen molar-refractivity contribution in [1.29, 1.82) is 0 Å². The largest absolute Gasteiger partial charge is 0.364 e. The van der Waals surface area contributed by atoms with Crippen molar-refractivity contribution in [3.8, 4) is 0 Å². The highest BCUT2D eigenvalue weighted by molar-refractivity contribution is 5.84. The van der Waals surface area contributed by atoms with Crippen LogP contribution in [0.15, 0.2) is 0 Å². The Labute approximate surface area is 112 Å². The number of nitrogens with two attached hydrogens (primary N) is 1. The molecule has 3 aliphatic rings. The van der Waals surface area contributed by atoms with Crippen LogP contribution in [0.5, 0.6) is 0 Å². The number of amides is 2. The van der Waals surface area contributed by atoms with E-state index in [4.69, 9.17) is 10.5 Å². The highest BCUT2D eigenvalue weighted by Gasteiger charge is 2.44. The Balaban J connectivity index is 1.71. The van der Waals surface area contributed by atoms with Crippen LogP contribution in [0.4, 0.5) is 0 Å². The smallest absolute Gasteiger partial charge is 0.252 e. The molecule has 2 unspecified atom stereocenters. The fourth-order valence-electron chi connectivity index (χ4n) is 3.47. The first-order chi connectivity index (χ1) is 9.19. The van der Waals surface area contributed by atoms with Crippen LogP contribution in [0.25, 0.3) is 0 Å². The maximum atomic E-state index is 12.6. The number of carbonyl (C=O) groups excluding carboxylic acids is 2. The number of fused-ring (bicyclic) bond motifs is 2. The molecule has 0 aliphatic carbocycles. The fraction of sp³-hybridized carbons (Fsp3) is 0.846. The van der Waals surface area contributed by atoms with E-state index in [1.54, 1.807) is 0 Å². The second-order valence-corrected chi connectivity index (χ2v) is 5.70. The van der Waals surface area contributed by atoms with Crippen LogP contribution in [-0.4, -0.2) is 54.1 Å². The number of rotatable bonds is 2. The van der Waals surface area contributed by atoms with Crippen molar-refractivity contribution >= 4 is 11.8 Å². The van der Waals surface area contributed by atoms with Crippen molar-refractivity contribution in [2.45, 2.75) is 56.4 Å². The normalized spacial score (nSPS) is 38.2. The van der Waals surface area contributed by atoms with E-state index < -0.39 is 0 Å². The average molecular weight is 267 g/mol. The molecule has 106 valence electrons. The lowest BCUT2D eigenvalue weighted by Crippen LogP contribution is -2.47. The zero-order chi connectivity index (χ0) is 13.4. The molecule has 19 heavy (non-hydrogen) atoms. The fourth-order valence-corrected chi connectivity index (χ4v) is 3.47. The molecular weight excluding hydrogens is 246 g/mol. The van der Waals surface area contributed by atoms with Gasteiger partial charge in [0.15, 0.2) is 0 Å². The first-order valence-corrected chi connectivity index (χ1v) is 7.13. The molecular formula is C13H21N3O3. The lowest BCUT2D eigenvalue weighted by molar-refractivity contribution is -0.145. The van der Waals surface area contributed by atoms with Gasteiger partial charge in [0.2, 0.25) is 5.91 Å². The highest BCUT2D eigenvalue weighted by Crippen LogP contribution is 2.31. The number of nitrogens with zero attached hydrogens (tertiary/aromatic N) is 1. The van der Waals surface area contributed by atoms with Gasteiger partial charge in [-0.2, -0.15) is 0 Å². The highest BCUT2D eigenvalue weighted by atomic mass is 16.5. The number of carbonyl (C=O) groups is 2. The third-order valence-electron chi connectivity index (χ3n) is 4.48. The Morgan fingerprint density at radius 2 is 2.11 bits per heavy atom. The minimum atomic E-state index is -0.357. The second-order valence-electron chi connectivity index (χ2n) is 5.70. The van der Waals surface area contributed by atoms with Crippen LogP contribution >= 0.6 is 0 Å². The molecule has 2 amide bonds. The summed E-state index contributed by atoms with van der Waals surface area (Å²) in [4.78, 5) is 26.1. The summed E-state index contributed by atoms with van der Waals surface area (Å²) in [6.07, 6.45) is 3.59. The van der Waals surface area contributed by atoms with Crippen molar-refractivity contribution in [2.24, 2.45) is 5.73 Å². The maximum absolute atomic E-state index is 12.6. The van der Waals surface area contributed by atoms with Gasteiger partial charge < -0.3 is 20.7 Å². The van der Waals surface area contributed by atoms with Crippen molar-refractivity contribution in [1.82, 2.24) is 10.2 Å². The summed E-state index contributed by atoms with van der Waals surface area (Å²) in [5.41, 5.74) is 5.58. The van der Waals surface area contributed by atoms with Gasteiger partial charge in [-0.3, -0.25) is 9.59 Å². The molecule has 6 nitrogen and oxygen atoms in total. The maximum Gasteiger partial charge on any atom is 0.252 e. The molecule has 0 radical (unpaired) electrons. The standard InChI is InChI=1S/C13H21N3O3/c14-6-10-3-4-11(19-10)13(18)16-8-1-2-9(16)7-15-12(17)5-8/h8-11H,1-7,14H2,(H,15,17)/t8?,9?,10-,11+/m1/s1. The average Bonchev–Trinajstić information content (AvgIpc) is 2.97. The monoisotopic (exact) mass is 267 g/mol. The summed E-state index contributed by atoms with van der Waals surface area (Å²) in [5.74, 6) is 0.108. The van der Waals surface area contributed by atoms with E-state index in [0.717, 1.165) is 25.7 Å². The summed E-state index contributed by atoms with van der Waals surface area (Å²) in [6, 6.07) is 0.199. The number of hydrogen-bond acceptors (Lipinski definition) is 4. The van der Waals surface area contributed by atoms with Crippen molar-refractivity contribution < 1.29 is 14.3 Å². The third-order valence-corrected chi connectivity index (χ3v) is 4.48. The van der Waals surface area contributed by atoms with E-state index in [-0.39, 0.29) is 36.1 Å². The molecule has 3 aliphatic heterocycles. The Morgan fingerprint density at radius 1 is 1.32 bits per heavy atom. The Hall–Kier alpha value is -1.14. The van der Waals surface area contributed by atoms with E-state index in [1.807, 2.05) is 4.90 Å². The van der Waals surface area contributed by atoms with Gasteiger partial charge in [0.25, 0.3) is 5.91 Å². The number of nitrogens with one attached hydrogen (secondary N) is 1. The summed E-state index contributed by atoms with van der Waals surface area (Å²) < 4.78 is 5.70. The Kier molecular flexibility index (Phi) is 3.45. The first-order valence-electron chi connectivity index (χ1n) is 7.13. The van der Waals surface area contributed by atoms with Gasteiger partial charge in [0, 0.05) is 31.6 Å². The molecule has 3 N–H and O–H groups in total.